The standard InChI is InChI=1S/C21H24N6O2/c1-2-6-17-15(5-1)16-13-18(23-14-19(16)24-17)20-25-26-21(29-20)22-7-3-4-8-27-9-11-28-12-10-27/h1-2,5-6,13-14,24H,3-4,7-12H2,(H,22,26). The average molecular weight is 392 g/mol. The summed E-state index contributed by atoms with van der Waals surface area (Å²) in [6.07, 6.45) is 4.00. The van der Waals surface area contributed by atoms with Gasteiger partial charge in [-0.3, -0.25) is 4.90 Å². The second-order valence-electron chi connectivity index (χ2n) is 7.29. The zero-order chi connectivity index (χ0) is 19.5. The van der Waals surface area contributed by atoms with Crippen LogP contribution in [0.4, 0.5) is 6.01 Å². The summed E-state index contributed by atoms with van der Waals surface area (Å²) in [4.78, 5) is 10.3. The minimum atomic E-state index is 0.424. The van der Waals surface area contributed by atoms with E-state index in [0.717, 1.165) is 74.0 Å². The Labute approximate surface area is 168 Å². The van der Waals surface area contributed by atoms with Gasteiger partial charge < -0.3 is 19.5 Å². The zero-order valence-corrected chi connectivity index (χ0v) is 16.2. The second kappa shape index (κ2) is 8.18. The number of para-hydroxylation sites is 1. The summed E-state index contributed by atoms with van der Waals surface area (Å²) in [6, 6.07) is 10.6. The summed E-state index contributed by atoms with van der Waals surface area (Å²) >= 11 is 0. The van der Waals surface area contributed by atoms with E-state index in [-0.39, 0.29) is 0 Å². The number of morpholine rings is 1. The van der Waals surface area contributed by atoms with E-state index in [1.54, 1.807) is 0 Å². The maximum absolute atomic E-state index is 5.77. The van der Waals surface area contributed by atoms with Crippen molar-refractivity contribution in [2.75, 3.05) is 44.7 Å². The minimum Gasteiger partial charge on any atom is -0.402 e. The first-order valence-electron chi connectivity index (χ1n) is 10.1. The molecule has 1 aliphatic heterocycles. The molecule has 0 saturated carbocycles. The summed E-state index contributed by atoms with van der Waals surface area (Å²) < 4.78 is 11.1. The van der Waals surface area contributed by atoms with Crippen LogP contribution in [-0.4, -0.2) is 64.5 Å². The van der Waals surface area contributed by atoms with Crippen LogP contribution in [0.5, 0.6) is 0 Å². The molecule has 1 aromatic carbocycles. The molecular weight excluding hydrogens is 368 g/mol. The van der Waals surface area contributed by atoms with Gasteiger partial charge in [0.1, 0.15) is 5.69 Å². The monoisotopic (exact) mass is 392 g/mol. The van der Waals surface area contributed by atoms with E-state index in [2.05, 4.69) is 42.5 Å². The first kappa shape index (κ1) is 18.1. The summed E-state index contributed by atoms with van der Waals surface area (Å²) in [5.74, 6) is 0.424. The third-order valence-corrected chi connectivity index (χ3v) is 5.32. The Balaban J connectivity index is 1.20. The molecule has 0 radical (unpaired) electrons. The van der Waals surface area contributed by atoms with Crippen molar-refractivity contribution in [1.82, 2.24) is 25.1 Å². The van der Waals surface area contributed by atoms with E-state index in [1.165, 1.54) is 0 Å². The number of benzene rings is 1. The van der Waals surface area contributed by atoms with Crippen LogP contribution in [-0.2, 0) is 4.74 Å². The number of hydrogen-bond acceptors (Lipinski definition) is 7. The number of H-pyrrole nitrogens is 1. The normalized spacial score (nSPS) is 15.3. The summed E-state index contributed by atoms with van der Waals surface area (Å²) in [7, 11) is 0. The molecule has 3 aromatic heterocycles. The van der Waals surface area contributed by atoms with Gasteiger partial charge in [0, 0.05) is 35.9 Å². The molecule has 1 aliphatic rings. The Kier molecular flexibility index (Phi) is 5.10. The quantitative estimate of drug-likeness (QED) is 0.466. The zero-order valence-electron chi connectivity index (χ0n) is 16.2. The number of unbranched alkanes of at least 4 members (excludes halogenated alkanes) is 1. The predicted molar refractivity (Wildman–Crippen MR) is 112 cm³/mol. The van der Waals surface area contributed by atoms with Crippen LogP contribution in [0.1, 0.15) is 12.8 Å². The van der Waals surface area contributed by atoms with Gasteiger partial charge in [0.25, 0.3) is 5.89 Å². The van der Waals surface area contributed by atoms with Crippen molar-refractivity contribution in [1.29, 1.82) is 0 Å². The Morgan fingerprint density at radius 3 is 2.86 bits per heavy atom. The van der Waals surface area contributed by atoms with Crippen molar-refractivity contribution in [3.05, 3.63) is 36.5 Å². The molecule has 8 heteroatoms. The van der Waals surface area contributed by atoms with Crippen molar-refractivity contribution in [3.63, 3.8) is 0 Å². The number of aromatic nitrogens is 4. The highest BCUT2D eigenvalue weighted by atomic mass is 16.5. The fourth-order valence-corrected chi connectivity index (χ4v) is 3.75. The van der Waals surface area contributed by atoms with Gasteiger partial charge in [0.05, 0.1) is 24.9 Å². The summed E-state index contributed by atoms with van der Waals surface area (Å²) in [6.45, 7) is 5.68. The van der Waals surface area contributed by atoms with Gasteiger partial charge in [0.15, 0.2) is 0 Å². The Bertz CT molecular complexity index is 1100. The molecule has 2 N–H and O–H groups in total. The van der Waals surface area contributed by atoms with E-state index >= 15 is 0 Å². The molecule has 0 bridgehead atoms. The Morgan fingerprint density at radius 2 is 1.93 bits per heavy atom. The summed E-state index contributed by atoms with van der Waals surface area (Å²) in [5, 5.41) is 13.7. The van der Waals surface area contributed by atoms with E-state index in [4.69, 9.17) is 9.15 Å². The van der Waals surface area contributed by atoms with Crippen LogP contribution in [0, 0.1) is 0 Å². The van der Waals surface area contributed by atoms with E-state index in [1.807, 2.05) is 24.4 Å². The van der Waals surface area contributed by atoms with Gasteiger partial charge in [-0.15, -0.1) is 5.10 Å². The third-order valence-electron chi connectivity index (χ3n) is 5.32. The van der Waals surface area contributed by atoms with Crippen LogP contribution in [0.3, 0.4) is 0 Å². The maximum Gasteiger partial charge on any atom is 0.315 e. The lowest BCUT2D eigenvalue weighted by atomic mass is 10.1. The molecule has 0 unspecified atom stereocenters. The first-order valence-corrected chi connectivity index (χ1v) is 10.1. The van der Waals surface area contributed by atoms with Crippen LogP contribution in [0.2, 0.25) is 0 Å². The van der Waals surface area contributed by atoms with Crippen LogP contribution >= 0.6 is 0 Å². The molecule has 1 fully saturated rings. The number of anilines is 1. The van der Waals surface area contributed by atoms with Gasteiger partial charge in [0.2, 0.25) is 0 Å². The van der Waals surface area contributed by atoms with E-state index in [0.29, 0.717) is 17.6 Å². The van der Waals surface area contributed by atoms with Crippen molar-refractivity contribution >= 4 is 27.8 Å². The molecular formula is C21H24N6O2. The molecule has 29 heavy (non-hydrogen) atoms. The molecule has 8 nitrogen and oxygen atoms in total. The van der Waals surface area contributed by atoms with Crippen molar-refractivity contribution in [2.45, 2.75) is 12.8 Å². The molecule has 0 atom stereocenters. The minimum absolute atomic E-state index is 0.424. The first-order chi connectivity index (χ1) is 14.4. The molecule has 5 rings (SSSR count). The fraction of sp³-hybridized carbons (Fsp3) is 0.381. The number of aromatic amines is 1. The number of hydrogen-bond donors (Lipinski definition) is 2. The van der Waals surface area contributed by atoms with E-state index < -0.39 is 0 Å². The fourth-order valence-electron chi connectivity index (χ4n) is 3.75. The highest BCUT2D eigenvalue weighted by Gasteiger charge is 2.13. The van der Waals surface area contributed by atoms with Crippen molar-refractivity contribution < 1.29 is 9.15 Å². The number of nitrogens with zero attached hydrogens (tertiary/aromatic N) is 4. The van der Waals surface area contributed by atoms with Crippen molar-refractivity contribution in [3.8, 4) is 11.6 Å². The second-order valence-corrected chi connectivity index (χ2v) is 7.29. The van der Waals surface area contributed by atoms with Gasteiger partial charge in [-0.2, -0.15) is 0 Å². The lowest BCUT2D eigenvalue weighted by Crippen LogP contribution is -2.36. The Morgan fingerprint density at radius 1 is 1.03 bits per heavy atom. The molecule has 4 aromatic rings. The third kappa shape index (κ3) is 3.94. The van der Waals surface area contributed by atoms with Gasteiger partial charge in [-0.1, -0.05) is 23.3 Å². The van der Waals surface area contributed by atoms with Gasteiger partial charge >= 0.3 is 6.01 Å². The molecule has 0 aliphatic carbocycles. The van der Waals surface area contributed by atoms with E-state index in [9.17, 15) is 0 Å². The van der Waals surface area contributed by atoms with Crippen LogP contribution in [0.25, 0.3) is 33.4 Å². The highest BCUT2D eigenvalue weighted by Crippen LogP contribution is 2.28. The number of fused-ring (bicyclic) bond motifs is 3. The maximum atomic E-state index is 5.77. The van der Waals surface area contributed by atoms with Gasteiger partial charge in [-0.05, 0) is 31.5 Å². The lowest BCUT2D eigenvalue weighted by molar-refractivity contribution is 0.0373. The van der Waals surface area contributed by atoms with Crippen LogP contribution in [0.15, 0.2) is 40.9 Å². The lowest BCUT2D eigenvalue weighted by Gasteiger charge is -2.26. The molecule has 1 saturated heterocycles. The number of pyridine rings is 1. The number of ether oxygens (including phenoxy) is 1. The smallest absolute Gasteiger partial charge is 0.315 e. The molecule has 0 spiro atoms. The average Bonchev–Trinajstić information content (AvgIpc) is 3.38. The largest absolute Gasteiger partial charge is 0.402 e. The van der Waals surface area contributed by atoms with Gasteiger partial charge in [-0.25, -0.2) is 4.98 Å². The number of rotatable bonds is 7. The highest BCUT2D eigenvalue weighted by molar-refractivity contribution is 6.07. The molecule has 4 heterocycles. The topological polar surface area (TPSA) is 92.1 Å². The number of nitrogens with one attached hydrogen (secondary N) is 2. The molecule has 150 valence electrons. The Hall–Kier alpha value is -2.97. The predicted octanol–water partition coefficient (Wildman–Crippen LogP) is 3.29. The van der Waals surface area contributed by atoms with Crippen molar-refractivity contribution in [2.24, 2.45) is 0 Å². The summed E-state index contributed by atoms with van der Waals surface area (Å²) in [5.41, 5.74) is 2.76. The SMILES string of the molecule is c1ccc2c(c1)[nH]c1cnc(-c3nnc(NCCCCN4CCOCC4)o3)cc12. The molecule has 0 amide bonds. The van der Waals surface area contributed by atoms with Crippen LogP contribution < -0.4 is 5.32 Å².